The highest BCUT2D eigenvalue weighted by Crippen LogP contribution is 2.28. The lowest BCUT2D eigenvalue weighted by Gasteiger charge is -2.34. The molecular weight excluding hydrogens is 594 g/mol. The van der Waals surface area contributed by atoms with Crippen LogP contribution in [-0.2, 0) is 39.0 Å². The number of nitrogens with zero attached hydrogens (tertiary/aromatic N) is 2. The van der Waals surface area contributed by atoms with Crippen molar-refractivity contribution in [3.63, 3.8) is 0 Å². The van der Waals surface area contributed by atoms with E-state index >= 15 is 0 Å². The number of para-hydroxylation sites is 1. The molecule has 0 heterocycles. The average Bonchev–Trinajstić information content (AvgIpc) is 3.04. The lowest BCUT2D eigenvalue weighted by Crippen LogP contribution is -2.53. The second-order valence-corrected chi connectivity index (χ2v) is 12.8. The highest BCUT2D eigenvalue weighted by atomic mass is 35.5. The van der Waals surface area contributed by atoms with Gasteiger partial charge in [-0.2, -0.15) is 0 Å². The number of aryl methyl sites for hydroxylation is 1. The normalized spacial score (nSPS) is 11.9. The van der Waals surface area contributed by atoms with Crippen LogP contribution < -0.4 is 9.62 Å². The van der Waals surface area contributed by atoms with Crippen LogP contribution in [0.1, 0.15) is 37.0 Å². The van der Waals surface area contributed by atoms with Crippen LogP contribution in [0.4, 0.5) is 5.69 Å². The molecule has 1 N–H and O–H groups in total. The molecular formula is C35H38ClN3O4S. The highest BCUT2D eigenvalue weighted by molar-refractivity contribution is 7.92. The maximum atomic E-state index is 14.5. The Kier molecular flexibility index (Phi) is 11.6. The van der Waals surface area contributed by atoms with Gasteiger partial charge in [0.2, 0.25) is 11.8 Å². The van der Waals surface area contributed by atoms with Crippen molar-refractivity contribution in [2.45, 2.75) is 50.6 Å². The number of sulfonamides is 1. The first-order chi connectivity index (χ1) is 21.2. The van der Waals surface area contributed by atoms with Crippen LogP contribution >= 0.6 is 11.6 Å². The number of amides is 2. The Balaban J connectivity index is 1.82. The molecule has 4 rings (SSSR count). The predicted octanol–water partition coefficient (Wildman–Crippen LogP) is 6.26. The van der Waals surface area contributed by atoms with Crippen LogP contribution in [0.15, 0.2) is 114 Å². The van der Waals surface area contributed by atoms with Gasteiger partial charge >= 0.3 is 0 Å². The van der Waals surface area contributed by atoms with Gasteiger partial charge < -0.3 is 10.2 Å². The Bertz CT molecular complexity index is 1650. The van der Waals surface area contributed by atoms with Crippen LogP contribution in [-0.4, -0.2) is 44.3 Å². The summed E-state index contributed by atoms with van der Waals surface area (Å²) < 4.78 is 29.5. The average molecular weight is 632 g/mol. The highest BCUT2D eigenvalue weighted by Gasteiger charge is 2.35. The zero-order valence-corrected chi connectivity index (χ0v) is 26.6. The van der Waals surface area contributed by atoms with Gasteiger partial charge in [0.25, 0.3) is 10.0 Å². The molecule has 230 valence electrons. The number of carbonyl (C=O) groups excluding carboxylic acids is 2. The van der Waals surface area contributed by atoms with Gasteiger partial charge in [0, 0.05) is 24.5 Å². The molecule has 7 nitrogen and oxygen atoms in total. The fraction of sp³-hybridized carbons (Fsp3) is 0.257. The Hall–Kier alpha value is -4.14. The summed E-state index contributed by atoms with van der Waals surface area (Å²) in [6, 6.07) is 30.9. The molecule has 0 aromatic heterocycles. The molecule has 0 aliphatic rings. The van der Waals surface area contributed by atoms with Crippen molar-refractivity contribution < 1.29 is 18.0 Å². The molecule has 0 saturated carbocycles. The van der Waals surface area contributed by atoms with Crippen LogP contribution in [0.5, 0.6) is 0 Å². The van der Waals surface area contributed by atoms with Gasteiger partial charge in [-0.05, 0) is 59.9 Å². The first kappa shape index (κ1) is 32.8. The first-order valence-electron chi connectivity index (χ1n) is 14.8. The first-order valence-corrected chi connectivity index (χ1v) is 16.6. The molecule has 4 aromatic rings. The van der Waals surface area contributed by atoms with Gasteiger partial charge in [0.15, 0.2) is 0 Å². The van der Waals surface area contributed by atoms with E-state index < -0.39 is 28.5 Å². The summed E-state index contributed by atoms with van der Waals surface area (Å²) in [7, 11) is -4.15. The van der Waals surface area contributed by atoms with Crippen molar-refractivity contribution in [1.82, 2.24) is 10.2 Å². The fourth-order valence-corrected chi connectivity index (χ4v) is 6.72. The SMILES string of the molecule is CCCNC(=O)C(Cc1ccccc1)N(Cc1cccc(Cl)c1)C(=O)CN(c1ccccc1CC)S(=O)(=O)c1ccccc1. The van der Waals surface area contributed by atoms with Crippen molar-refractivity contribution >= 4 is 39.1 Å². The predicted molar refractivity (Wildman–Crippen MR) is 176 cm³/mol. The lowest BCUT2D eigenvalue weighted by atomic mass is 10.0. The molecule has 0 bridgehead atoms. The molecule has 4 aromatic carbocycles. The summed E-state index contributed by atoms with van der Waals surface area (Å²) in [5, 5.41) is 3.45. The number of benzene rings is 4. The third-order valence-corrected chi connectivity index (χ3v) is 9.32. The van der Waals surface area contributed by atoms with Crippen molar-refractivity contribution in [2.24, 2.45) is 0 Å². The Morgan fingerprint density at radius 1 is 0.818 bits per heavy atom. The lowest BCUT2D eigenvalue weighted by molar-refractivity contribution is -0.140. The van der Waals surface area contributed by atoms with Crippen molar-refractivity contribution in [2.75, 3.05) is 17.4 Å². The third-order valence-electron chi connectivity index (χ3n) is 7.31. The zero-order chi connectivity index (χ0) is 31.5. The third kappa shape index (κ3) is 8.27. The Morgan fingerprint density at radius 3 is 2.11 bits per heavy atom. The maximum Gasteiger partial charge on any atom is 0.264 e. The standard InChI is InChI=1S/C35H38ClN3O4S/c1-3-22-37-35(41)33(24-27-14-7-5-8-15-27)38(25-28-16-13-18-30(36)23-28)34(40)26-39(32-21-12-11-17-29(32)4-2)44(42,43)31-19-9-6-10-20-31/h5-21,23,33H,3-4,22,24-26H2,1-2H3,(H,37,41). The summed E-state index contributed by atoms with van der Waals surface area (Å²) in [6.45, 7) is 3.90. The topological polar surface area (TPSA) is 86.8 Å². The molecule has 0 aliphatic carbocycles. The van der Waals surface area contributed by atoms with E-state index in [-0.39, 0.29) is 23.8 Å². The summed E-state index contributed by atoms with van der Waals surface area (Å²) in [5.41, 5.74) is 2.80. The second-order valence-electron chi connectivity index (χ2n) is 10.5. The van der Waals surface area contributed by atoms with E-state index in [1.54, 1.807) is 48.5 Å². The number of hydrogen-bond donors (Lipinski definition) is 1. The smallest absolute Gasteiger partial charge is 0.264 e. The summed E-state index contributed by atoms with van der Waals surface area (Å²) >= 11 is 6.30. The minimum Gasteiger partial charge on any atom is -0.354 e. The van der Waals surface area contributed by atoms with Gasteiger partial charge in [0.05, 0.1) is 10.6 Å². The molecule has 0 spiro atoms. The van der Waals surface area contributed by atoms with E-state index in [4.69, 9.17) is 11.6 Å². The molecule has 0 saturated heterocycles. The minimum atomic E-state index is -4.15. The quantitative estimate of drug-likeness (QED) is 0.178. The Labute approximate surface area is 265 Å². The molecule has 9 heteroatoms. The van der Waals surface area contributed by atoms with E-state index in [2.05, 4.69) is 5.32 Å². The van der Waals surface area contributed by atoms with Gasteiger partial charge in [-0.25, -0.2) is 8.42 Å². The van der Waals surface area contributed by atoms with Gasteiger partial charge in [-0.1, -0.05) is 104 Å². The van der Waals surface area contributed by atoms with Gasteiger partial charge in [-0.3, -0.25) is 13.9 Å². The summed E-state index contributed by atoms with van der Waals surface area (Å²) in [6.07, 6.45) is 1.54. The number of anilines is 1. The van der Waals surface area contributed by atoms with E-state index in [0.29, 0.717) is 23.7 Å². The molecule has 2 amide bonds. The minimum absolute atomic E-state index is 0.0606. The van der Waals surface area contributed by atoms with E-state index in [0.717, 1.165) is 27.4 Å². The van der Waals surface area contributed by atoms with Gasteiger partial charge in [-0.15, -0.1) is 0 Å². The van der Waals surface area contributed by atoms with E-state index in [1.807, 2.05) is 62.4 Å². The van der Waals surface area contributed by atoms with Crippen LogP contribution in [0.3, 0.4) is 0 Å². The zero-order valence-electron chi connectivity index (χ0n) is 25.0. The maximum absolute atomic E-state index is 14.5. The monoisotopic (exact) mass is 631 g/mol. The number of halogens is 1. The number of nitrogens with one attached hydrogen (secondary N) is 1. The fourth-order valence-electron chi connectivity index (χ4n) is 5.04. The Morgan fingerprint density at radius 2 is 1.45 bits per heavy atom. The largest absolute Gasteiger partial charge is 0.354 e. The van der Waals surface area contributed by atoms with Crippen LogP contribution in [0.25, 0.3) is 0 Å². The van der Waals surface area contributed by atoms with Gasteiger partial charge in [0.1, 0.15) is 12.6 Å². The summed E-state index contributed by atoms with van der Waals surface area (Å²) in [5.74, 6) is -0.819. The summed E-state index contributed by atoms with van der Waals surface area (Å²) in [4.78, 5) is 29.8. The molecule has 1 atom stereocenters. The molecule has 0 aliphatic heterocycles. The van der Waals surface area contributed by atoms with E-state index in [1.165, 1.54) is 17.0 Å². The van der Waals surface area contributed by atoms with Crippen LogP contribution in [0, 0.1) is 0 Å². The van der Waals surface area contributed by atoms with Crippen molar-refractivity contribution in [3.8, 4) is 0 Å². The van der Waals surface area contributed by atoms with E-state index in [9.17, 15) is 18.0 Å². The van der Waals surface area contributed by atoms with Crippen molar-refractivity contribution in [3.05, 3.63) is 131 Å². The van der Waals surface area contributed by atoms with Crippen molar-refractivity contribution in [1.29, 1.82) is 0 Å². The number of hydrogen-bond acceptors (Lipinski definition) is 4. The molecule has 0 radical (unpaired) electrons. The van der Waals surface area contributed by atoms with Crippen LogP contribution in [0.2, 0.25) is 5.02 Å². The number of rotatable bonds is 14. The molecule has 0 fully saturated rings. The molecule has 44 heavy (non-hydrogen) atoms. The number of carbonyl (C=O) groups is 2. The second kappa shape index (κ2) is 15.5. The molecule has 1 unspecified atom stereocenters.